The third-order valence-electron chi connectivity index (χ3n) is 2.20. The van der Waals surface area contributed by atoms with E-state index in [9.17, 15) is 4.79 Å². The summed E-state index contributed by atoms with van der Waals surface area (Å²) in [7, 11) is 1.88. The molecule has 2 N–H and O–H groups in total. The number of aryl methyl sites for hydroxylation is 1. The fraction of sp³-hybridized carbons (Fsp3) is 0.500. The minimum atomic E-state index is -0.0997. The van der Waals surface area contributed by atoms with Crippen molar-refractivity contribution in [1.82, 2.24) is 15.1 Å². The first kappa shape index (κ1) is 13.3. The Kier molecular flexibility index (Phi) is 5.83. The van der Waals surface area contributed by atoms with Crippen LogP contribution in [0.5, 0.6) is 0 Å². The Morgan fingerprint density at radius 1 is 1.47 bits per heavy atom. The van der Waals surface area contributed by atoms with Gasteiger partial charge in [-0.15, -0.1) is 11.8 Å². The Bertz CT molecular complexity index is 456. The highest BCUT2D eigenvalue weighted by Crippen LogP contribution is 1.98. The second kappa shape index (κ2) is 7.47. The monoisotopic (exact) mass is 234 g/mol. The molecule has 0 amide bonds. The fourth-order valence-corrected chi connectivity index (χ4v) is 1.32. The zero-order valence-corrected chi connectivity index (χ0v) is 10.3. The second-order valence-electron chi connectivity index (χ2n) is 3.51. The number of anilines is 1. The normalized spacial score (nSPS) is 9.53. The Labute approximate surface area is 101 Å². The van der Waals surface area contributed by atoms with Crippen LogP contribution >= 0.6 is 0 Å². The summed E-state index contributed by atoms with van der Waals surface area (Å²) in [6.07, 6.45) is 2.31. The van der Waals surface area contributed by atoms with Crippen LogP contribution in [0.25, 0.3) is 0 Å². The van der Waals surface area contributed by atoms with E-state index in [0.717, 1.165) is 18.8 Å². The minimum absolute atomic E-state index is 0.0997. The number of hydrogen-bond donors (Lipinski definition) is 2. The van der Waals surface area contributed by atoms with Crippen molar-refractivity contribution in [2.45, 2.75) is 19.9 Å². The summed E-state index contributed by atoms with van der Waals surface area (Å²) in [6.45, 7) is 3.93. The number of rotatable bonds is 6. The van der Waals surface area contributed by atoms with E-state index >= 15 is 0 Å². The molecule has 1 aromatic heterocycles. The first-order valence-corrected chi connectivity index (χ1v) is 5.63. The highest BCUT2D eigenvalue weighted by Gasteiger charge is 1.98. The van der Waals surface area contributed by atoms with Gasteiger partial charge in [0, 0.05) is 25.6 Å². The van der Waals surface area contributed by atoms with Gasteiger partial charge in [0.1, 0.15) is 0 Å². The zero-order valence-electron chi connectivity index (χ0n) is 10.3. The molecule has 92 valence electrons. The van der Waals surface area contributed by atoms with Crippen molar-refractivity contribution in [2.24, 2.45) is 0 Å². The summed E-state index contributed by atoms with van der Waals surface area (Å²) in [5.41, 5.74) is 0.653. The fourth-order valence-electron chi connectivity index (χ4n) is 1.32. The molecule has 0 aliphatic carbocycles. The molecular weight excluding hydrogens is 216 g/mol. The maximum Gasteiger partial charge on any atom is 0.268 e. The molecular formula is C12H18N4O. The quantitative estimate of drug-likeness (QED) is 0.548. The molecule has 0 bridgehead atoms. The van der Waals surface area contributed by atoms with Crippen molar-refractivity contribution in [3.05, 3.63) is 22.6 Å². The van der Waals surface area contributed by atoms with Crippen LogP contribution in [0.1, 0.15) is 13.3 Å². The first-order valence-electron chi connectivity index (χ1n) is 5.63. The molecule has 0 aliphatic heterocycles. The van der Waals surface area contributed by atoms with Crippen LogP contribution < -0.4 is 16.2 Å². The Hall–Kier alpha value is -1.80. The van der Waals surface area contributed by atoms with Gasteiger partial charge >= 0.3 is 0 Å². The van der Waals surface area contributed by atoms with Crippen molar-refractivity contribution in [1.29, 1.82) is 0 Å². The van der Waals surface area contributed by atoms with E-state index in [0.29, 0.717) is 13.0 Å². The molecule has 0 radical (unpaired) electrons. The minimum Gasteiger partial charge on any atom is -0.382 e. The third-order valence-corrected chi connectivity index (χ3v) is 2.20. The maximum atomic E-state index is 11.7. The van der Waals surface area contributed by atoms with Crippen LogP contribution in [0.15, 0.2) is 17.1 Å². The van der Waals surface area contributed by atoms with E-state index in [1.165, 1.54) is 4.68 Å². The molecule has 1 rings (SSSR count). The molecule has 5 nitrogen and oxygen atoms in total. The van der Waals surface area contributed by atoms with Gasteiger partial charge in [-0.1, -0.05) is 0 Å². The predicted molar refractivity (Wildman–Crippen MR) is 69.0 cm³/mol. The van der Waals surface area contributed by atoms with Crippen molar-refractivity contribution < 1.29 is 0 Å². The van der Waals surface area contributed by atoms with Crippen molar-refractivity contribution in [2.75, 3.05) is 25.5 Å². The van der Waals surface area contributed by atoms with Gasteiger partial charge < -0.3 is 10.6 Å². The van der Waals surface area contributed by atoms with Gasteiger partial charge in [0.2, 0.25) is 0 Å². The van der Waals surface area contributed by atoms with Crippen molar-refractivity contribution >= 4 is 5.69 Å². The van der Waals surface area contributed by atoms with Gasteiger partial charge in [0.25, 0.3) is 5.56 Å². The largest absolute Gasteiger partial charge is 0.382 e. The molecule has 1 heterocycles. The number of hydrogen-bond acceptors (Lipinski definition) is 4. The van der Waals surface area contributed by atoms with Crippen molar-refractivity contribution in [3.8, 4) is 11.8 Å². The number of nitrogens with zero attached hydrogens (tertiary/aromatic N) is 2. The molecule has 1 aromatic rings. The van der Waals surface area contributed by atoms with Gasteiger partial charge in [-0.05, 0) is 14.0 Å². The SMILES string of the molecule is CC#CCCn1ncc(NCCNC)cc1=O. The third kappa shape index (κ3) is 4.70. The van der Waals surface area contributed by atoms with E-state index in [1.54, 1.807) is 19.2 Å². The molecule has 0 aromatic carbocycles. The van der Waals surface area contributed by atoms with Crippen LogP contribution in [0.2, 0.25) is 0 Å². The van der Waals surface area contributed by atoms with Crippen molar-refractivity contribution in [3.63, 3.8) is 0 Å². The summed E-state index contributed by atoms with van der Waals surface area (Å²) < 4.78 is 1.42. The van der Waals surface area contributed by atoms with Gasteiger partial charge in [-0.25, -0.2) is 4.68 Å². The lowest BCUT2D eigenvalue weighted by Gasteiger charge is -2.06. The maximum absolute atomic E-state index is 11.7. The lowest BCUT2D eigenvalue weighted by Crippen LogP contribution is -2.24. The van der Waals surface area contributed by atoms with E-state index in [2.05, 4.69) is 27.6 Å². The smallest absolute Gasteiger partial charge is 0.268 e. The van der Waals surface area contributed by atoms with Crippen LogP contribution in [0.4, 0.5) is 5.69 Å². The lowest BCUT2D eigenvalue weighted by molar-refractivity contribution is 0.591. The molecule has 0 atom stereocenters. The first-order chi connectivity index (χ1) is 8.27. The van der Waals surface area contributed by atoms with Gasteiger partial charge in [-0.3, -0.25) is 4.79 Å². The summed E-state index contributed by atoms with van der Waals surface area (Å²) in [4.78, 5) is 11.7. The van der Waals surface area contributed by atoms with E-state index < -0.39 is 0 Å². The van der Waals surface area contributed by atoms with Crippen LogP contribution in [-0.2, 0) is 6.54 Å². The average molecular weight is 234 g/mol. The average Bonchev–Trinajstić information content (AvgIpc) is 2.32. The summed E-state index contributed by atoms with van der Waals surface area (Å²) in [5.74, 6) is 5.70. The Morgan fingerprint density at radius 3 is 2.94 bits per heavy atom. The summed E-state index contributed by atoms with van der Waals surface area (Å²) in [5, 5.41) is 10.2. The standard InChI is InChI=1S/C12H18N4O/c1-3-4-5-8-16-12(17)9-11(10-15-16)14-7-6-13-2/h9-10,13-14H,5-8H2,1-2H3. The molecule has 0 spiro atoms. The molecule has 0 fully saturated rings. The Morgan fingerprint density at radius 2 is 2.29 bits per heavy atom. The van der Waals surface area contributed by atoms with Gasteiger partial charge in [-0.2, -0.15) is 5.10 Å². The second-order valence-corrected chi connectivity index (χ2v) is 3.51. The zero-order chi connectivity index (χ0) is 12.5. The molecule has 5 heteroatoms. The molecule has 17 heavy (non-hydrogen) atoms. The van der Waals surface area contributed by atoms with E-state index in [1.807, 2.05) is 7.05 Å². The highest BCUT2D eigenvalue weighted by molar-refractivity contribution is 5.38. The Balaban J connectivity index is 2.58. The topological polar surface area (TPSA) is 59.0 Å². The van der Waals surface area contributed by atoms with Crippen LogP contribution in [0, 0.1) is 11.8 Å². The van der Waals surface area contributed by atoms with Crippen LogP contribution in [-0.4, -0.2) is 29.9 Å². The van der Waals surface area contributed by atoms with Gasteiger partial charge in [0.05, 0.1) is 18.4 Å². The molecule has 0 aliphatic rings. The lowest BCUT2D eigenvalue weighted by atomic mass is 10.4. The summed E-state index contributed by atoms with van der Waals surface area (Å²) >= 11 is 0. The number of likely N-dealkylation sites (N-methyl/N-ethyl adjacent to an activating group) is 1. The van der Waals surface area contributed by atoms with E-state index in [-0.39, 0.29) is 5.56 Å². The molecule has 0 unspecified atom stereocenters. The predicted octanol–water partition coefficient (Wildman–Crippen LogP) is 0.288. The van der Waals surface area contributed by atoms with Crippen LogP contribution in [0.3, 0.4) is 0 Å². The highest BCUT2D eigenvalue weighted by atomic mass is 16.1. The molecule has 0 saturated carbocycles. The van der Waals surface area contributed by atoms with E-state index in [4.69, 9.17) is 0 Å². The number of nitrogens with one attached hydrogen (secondary N) is 2. The summed E-state index contributed by atoms with van der Waals surface area (Å²) in [6, 6.07) is 1.56. The van der Waals surface area contributed by atoms with Gasteiger partial charge in [0.15, 0.2) is 0 Å². The number of aromatic nitrogens is 2. The molecule has 0 saturated heterocycles.